The molecule has 1 unspecified atom stereocenters. The van der Waals surface area contributed by atoms with Crippen LogP contribution in [0.25, 0.3) is 0 Å². The van der Waals surface area contributed by atoms with Crippen molar-refractivity contribution >= 4 is 29.9 Å². The van der Waals surface area contributed by atoms with Gasteiger partial charge in [-0.2, -0.15) is 0 Å². The van der Waals surface area contributed by atoms with Gasteiger partial charge in [0.05, 0.1) is 0 Å². The fourth-order valence-corrected chi connectivity index (χ4v) is 4.37. The SMILES string of the molecule is CCN1CCCC(CNC(=NC)N2CCC3(CCC3)C2)C1.I. The number of halogens is 1. The monoisotopic (exact) mass is 420 g/mol. The summed E-state index contributed by atoms with van der Waals surface area (Å²) in [5.74, 6) is 1.93. The number of guanidine groups is 1. The highest BCUT2D eigenvalue weighted by Gasteiger charge is 2.43. The summed E-state index contributed by atoms with van der Waals surface area (Å²) in [6.07, 6.45) is 8.41. The third kappa shape index (κ3) is 4.08. The first kappa shape index (κ1) is 18.3. The van der Waals surface area contributed by atoms with E-state index in [0.29, 0.717) is 5.41 Å². The molecule has 1 spiro atoms. The van der Waals surface area contributed by atoms with E-state index in [2.05, 4.69) is 27.0 Å². The maximum atomic E-state index is 4.54. The minimum atomic E-state index is 0. The van der Waals surface area contributed by atoms with Gasteiger partial charge in [-0.1, -0.05) is 13.3 Å². The van der Waals surface area contributed by atoms with Crippen molar-refractivity contribution in [3.63, 3.8) is 0 Å². The lowest BCUT2D eigenvalue weighted by molar-refractivity contribution is 0.151. The average molecular weight is 420 g/mol. The van der Waals surface area contributed by atoms with Crippen LogP contribution in [0.2, 0.25) is 0 Å². The molecule has 3 rings (SSSR count). The summed E-state index contributed by atoms with van der Waals surface area (Å²) in [4.78, 5) is 9.62. The Morgan fingerprint density at radius 1 is 1.23 bits per heavy atom. The Morgan fingerprint density at radius 3 is 2.64 bits per heavy atom. The molecule has 0 aromatic heterocycles. The molecule has 3 fully saturated rings. The van der Waals surface area contributed by atoms with Gasteiger partial charge in [-0.15, -0.1) is 24.0 Å². The van der Waals surface area contributed by atoms with Crippen molar-refractivity contribution in [2.45, 2.75) is 45.4 Å². The molecule has 1 aliphatic carbocycles. The standard InChI is InChI=1S/C17H32N4.HI/c1-3-20-10-4-6-15(13-20)12-19-16(18-2)21-11-9-17(14-21)7-5-8-17;/h15H,3-14H2,1-2H3,(H,18,19);1H. The molecule has 0 radical (unpaired) electrons. The van der Waals surface area contributed by atoms with Crippen LogP contribution in [0.15, 0.2) is 4.99 Å². The van der Waals surface area contributed by atoms with Crippen molar-refractivity contribution in [1.82, 2.24) is 15.1 Å². The third-order valence-corrected chi connectivity index (χ3v) is 5.96. The normalized spacial score (nSPS) is 28.4. The topological polar surface area (TPSA) is 30.9 Å². The molecular formula is C17H33IN4. The predicted octanol–water partition coefficient (Wildman–Crippen LogP) is 2.79. The number of aliphatic imine (C=N–C) groups is 1. The second kappa shape index (κ2) is 8.18. The number of nitrogens with zero attached hydrogens (tertiary/aromatic N) is 3. The molecule has 1 N–H and O–H groups in total. The van der Waals surface area contributed by atoms with E-state index in [9.17, 15) is 0 Å². The Morgan fingerprint density at radius 2 is 2.05 bits per heavy atom. The average Bonchev–Trinajstić information content (AvgIpc) is 2.94. The van der Waals surface area contributed by atoms with Gasteiger partial charge in [-0.25, -0.2) is 0 Å². The second-order valence-electron chi connectivity index (χ2n) is 7.35. The molecule has 2 heterocycles. The van der Waals surface area contributed by atoms with E-state index in [0.717, 1.165) is 18.4 Å². The van der Waals surface area contributed by atoms with Gasteiger partial charge in [-0.05, 0) is 56.5 Å². The van der Waals surface area contributed by atoms with Gasteiger partial charge in [0.15, 0.2) is 5.96 Å². The van der Waals surface area contributed by atoms with Crippen LogP contribution < -0.4 is 5.32 Å². The molecule has 0 bridgehead atoms. The third-order valence-electron chi connectivity index (χ3n) is 5.96. The van der Waals surface area contributed by atoms with Crippen molar-refractivity contribution < 1.29 is 0 Å². The van der Waals surface area contributed by atoms with E-state index in [1.165, 1.54) is 71.2 Å². The molecule has 1 saturated carbocycles. The van der Waals surface area contributed by atoms with Crippen LogP contribution in [0.5, 0.6) is 0 Å². The number of hydrogen-bond acceptors (Lipinski definition) is 2. The van der Waals surface area contributed by atoms with Gasteiger partial charge in [0, 0.05) is 33.2 Å². The van der Waals surface area contributed by atoms with Crippen molar-refractivity contribution in [2.24, 2.45) is 16.3 Å². The maximum Gasteiger partial charge on any atom is 0.193 e. The number of rotatable bonds is 3. The molecule has 0 aromatic rings. The summed E-state index contributed by atoms with van der Waals surface area (Å²) in [6.45, 7) is 9.54. The highest BCUT2D eigenvalue weighted by molar-refractivity contribution is 14.0. The Balaban J connectivity index is 0.00000176. The summed E-state index contributed by atoms with van der Waals surface area (Å²) in [6, 6.07) is 0. The molecule has 4 nitrogen and oxygen atoms in total. The molecule has 2 aliphatic heterocycles. The lowest BCUT2D eigenvalue weighted by Gasteiger charge is -2.38. The fraction of sp³-hybridized carbons (Fsp3) is 0.941. The summed E-state index contributed by atoms with van der Waals surface area (Å²) in [7, 11) is 1.94. The lowest BCUT2D eigenvalue weighted by atomic mass is 9.68. The number of hydrogen-bond donors (Lipinski definition) is 1. The summed E-state index contributed by atoms with van der Waals surface area (Å²) < 4.78 is 0. The first-order valence-electron chi connectivity index (χ1n) is 8.93. The molecule has 1 atom stereocenters. The van der Waals surface area contributed by atoms with Gasteiger partial charge in [0.1, 0.15) is 0 Å². The van der Waals surface area contributed by atoms with Gasteiger partial charge in [0.25, 0.3) is 0 Å². The quantitative estimate of drug-likeness (QED) is 0.433. The van der Waals surface area contributed by atoms with Crippen LogP contribution in [0.3, 0.4) is 0 Å². The number of nitrogens with one attached hydrogen (secondary N) is 1. The maximum absolute atomic E-state index is 4.54. The first-order valence-corrected chi connectivity index (χ1v) is 8.93. The van der Waals surface area contributed by atoms with Gasteiger partial charge < -0.3 is 15.1 Å². The van der Waals surface area contributed by atoms with Crippen LogP contribution in [0, 0.1) is 11.3 Å². The summed E-state index contributed by atoms with van der Waals surface area (Å²) >= 11 is 0. The lowest BCUT2D eigenvalue weighted by Crippen LogP contribution is -2.46. The van der Waals surface area contributed by atoms with Gasteiger partial charge in [-0.3, -0.25) is 4.99 Å². The van der Waals surface area contributed by atoms with Crippen molar-refractivity contribution in [3.8, 4) is 0 Å². The number of piperidine rings is 1. The Labute approximate surface area is 153 Å². The van der Waals surface area contributed by atoms with E-state index in [-0.39, 0.29) is 24.0 Å². The Kier molecular flexibility index (Phi) is 6.80. The van der Waals surface area contributed by atoms with Gasteiger partial charge >= 0.3 is 0 Å². The van der Waals surface area contributed by atoms with Crippen LogP contribution in [-0.2, 0) is 0 Å². The van der Waals surface area contributed by atoms with E-state index in [1.807, 2.05) is 7.05 Å². The smallest absolute Gasteiger partial charge is 0.193 e. The largest absolute Gasteiger partial charge is 0.356 e. The number of likely N-dealkylation sites (tertiary alicyclic amines) is 2. The summed E-state index contributed by atoms with van der Waals surface area (Å²) in [5.41, 5.74) is 0.654. The highest BCUT2D eigenvalue weighted by Crippen LogP contribution is 2.47. The molecule has 5 heteroatoms. The molecular weight excluding hydrogens is 387 g/mol. The van der Waals surface area contributed by atoms with Crippen LogP contribution in [0.1, 0.15) is 45.4 Å². The van der Waals surface area contributed by atoms with E-state index >= 15 is 0 Å². The molecule has 22 heavy (non-hydrogen) atoms. The zero-order valence-electron chi connectivity index (χ0n) is 14.3. The van der Waals surface area contributed by atoms with Crippen LogP contribution in [0.4, 0.5) is 0 Å². The predicted molar refractivity (Wildman–Crippen MR) is 104 cm³/mol. The van der Waals surface area contributed by atoms with Gasteiger partial charge in [0.2, 0.25) is 0 Å². The second-order valence-corrected chi connectivity index (χ2v) is 7.35. The Bertz CT molecular complexity index is 381. The zero-order chi connectivity index (χ0) is 14.7. The zero-order valence-corrected chi connectivity index (χ0v) is 16.6. The van der Waals surface area contributed by atoms with E-state index in [1.54, 1.807) is 0 Å². The van der Waals surface area contributed by atoms with E-state index in [4.69, 9.17) is 0 Å². The molecule has 3 aliphatic rings. The van der Waals surface area contributed by atoms with Crippen molar-refractivity contribution in [2.75, 3.05) is 46.3 Å². The Hall–Kier alpha value is -0.0400. The molecule has 2 saturated heterocycles. The van der Waals surface area contributed by atoms with Crippen molar-refractivity contribution in [1.29, 1.82) is 0 Å². The minimum Gasteiger partial charge on any atom is -0.356 e. The summed E-state index contributed by atoms with van der Waals surface area (Å²) in [5, 5.41) is 3.66. The fourth-order valence-electron chi connectivity index (χ4n) is 4.37. The van der Waals surface area contributed by atoms with Crippen LogP contribution >= 0.6 is 24.0 Å². The van der Waals surface area contributed by atoms with E-state index < -0.39 is 0 Å². The minimum absolute atomic E-state index is 0. The molecule has 128 valence electrons. The molecule has 0 amide bonds. The van der Waals surface area contributed by atoms with Crippen LogP contribution in [-0.4, -0.2) is 62.1 Å². The molecule has 0 aromatic carbocycles. The van der Waals surface area contributed by atoms with Crippen molar-refractivity contribution in [3.05, 3.63) is 0 Å². The first-order chi connectivity index (χ1) is 10.2. The highest BCUT2D eigenvalue weighted by atomic mass is 127.